The van der Waals surface area contributed by atoms with Gasteiger partial charge in [0.05, 0.1) is 25.3 Å². The molecule has 0 aliphatic carbocycles. The van der Waals surface area contributed by atoms with Gasteiger partial charge in [-0.2, -0.15) is 0 Å². The molecule has 5 heteroatoms. The van der Waals surface area contributed by atoms with Crippen LogP contribution in [0.1, 0.15) is 31.2 Å². The molecular formula is C21H27NO4. The van der Waals surface area contributed by atoms with Gasteiger partial charge in [0.15, 0.2) is 0 Å². The highest BCUT2D eigenvalue weighted by atomic mass is 16.5. The number of nitrogens with zero attached hydrogens (tertiary/aromatic N) is 1. The fourth-order valence-corrected chi connectivity index (χ4v) is 2.47. The number of hydrogen-bond donors (Lipinski definition) is 0. The van der Waals surface area contributed by atoms with Crippen molar-refractivity contribution in [3.63, 3.8) is 0 Å². The Labute approximate surface area is 155 Å². The normalized spacial score (nSPS) is 12.4. The summed E-state index contributed by atoms with van der Waals surface area (Å²) in [6.07, 6.45) is 6.83. The smallest absolute Gasteiger partial charge is 0.310 e. The number of ether oxygens (including phenoxy) is 2. The monoisotopic (exact) mass is 357 g/mol. The van der Waals surface area contributed by atoms with Gasteiger partial charge in [0.25, 0.3) is 0 Å². The largest absolute Gasteiger partial charge is 0.469 e. The molecule has 0 N–H and O–H groups in total. The Kier molecular flexibility index (Phi) is 8.09. The summed E-state index contributed by atoms with van der Waals surface area (Å²) >= 11 is 0. The Bertz CT molecular complexity index is 706. The van der Waals surface area contributed by atoms with Crippen molar-refractivity contribution < 1.29 is 18.7 Å². The molecule has 1 heterocycles. The minimum absolute atomic E-state index is 0.218. The third kappa shape index (κ3) is 6.15. The molecule has 2 rings (SSSR count). The molecule has 0 radical (unpaired) electrons. The zero-order valence-electron chi connectivity index (χ0n) is 15.7. The van der Waals surface area contributed by atoms with Crippen molar-refractivity contribution in [2.24, 2.45) is 5.92 Å². The molecule has 0 aliphatic heterocycles. The molecule has 1 aromatic carbocycles. The number of methoxy groups -OCH3 is 1. The summed E-state index contributed by atoms with van der Waals surface area (Å²) in [4.78, 5) is 15.8. The average Bonchev–Trinajstić information content (AvgIpc) is 3.04. The highest BCUT2D eigenvalue weighted by Crippen LogP contribution is 2.21. The van der Waals surface area contributed by atoms with Crippen LogP contribution in [0.5, 0.6) is 0 Å². The van der Waals surface area contributed by atoms with Crippen LogP contribution >= 0.6 is 0 Å². The van der Waals surface area contributed by atoms with E-state index in [4.69, 9.17) is 9.15 Å². The fraction of sp³-hybridized carbons (Fsp3) is 0.429. The van der Waals surface area contributed by atoms with E-state index in [-0.39, 0.29) is 11.9 Å². The molecule has 26 heavy (non-hydrogen) atoms. The number of hydrogen-bond acceptors (Lipinski definition) is 5. The van der Waals surface area contributed by atoms with Gasteiger partial charge in [-0.15, -0.1) is 0 Å². The Morgan fingerprint density at radius 1 is 1.27 bits per heavy atom. The van der Waals surface area contributed by atoms with Crippen LogP contribution in [0.3, 0.4) is 0 Å². The molecule has 0 bridgehead atoms. The zero-order valence-corrected chi connectivity index (χ0v) is 15.7. The van der Waals surface area contributed by atoms with Crippen LogP contribution < -0.4 is 0 Å². The summed E-state index contributed by atoms with van der Waals surface area (Å²) in [5.74, 6) is 1.07. The van der Waals surface area contributed by atoms with Crippen LogP contribution in [0, 0.1) is 12.8 Å². The summed E-state index contributed by atoms with van der Waals surface area (Å²) in [5.41, 5.74) is 1.95. The second kappa shape index (κ2) is 10.6. The van der Waals surface area contributed by atoms with E-state index in [1.165, 1.54) is 7.11 Å². The van der Waals surface area contributed by atoms with E-state index in [1.807, 2.05) is 37.3 Å². The van der Waals surface area contributed by atoms with Gasteiger partial charge in [0.1, 0.15) is 5.76 Å². The van der Waals surface area contributed by atoms with Crippen molar-refractivity contribution >= 4 is 5.97 Å². The first-order valence-electron chi connectivity index (χ1n) is 8.94. The van der Waals surface area contributed by atoms with Gasteiger partial charge in [0.2, 0.25) is 5.89 Å². The standard InChI is InChI=1S/C21H27NO4/c1-16(21(23)24-3)15-25-14-10-5-4-9-13-19-17(2)26-20(22-19)18-11-7-6-8-12-18/h4,6-9,11-12,16H,5,10,13-15H2,1-3H3/b9-4+. The van der Waals surface area contributed by atoms with Crippen molar-refractivity contribution in [2.75, 3.05) is 20.3 Å². The van der Waals surface area contributed by atoms with E-state index in [0.29, 0.717) is 19.1 Å². The number of carbonyl (C=O) groups is 1. The molecule has 1 unspecified atom stereocenters. The lowest BCUT2D eigenvalue weighted by Crippen LogP contribution is -2.18. The summed E-state index contributed by atoms with van der Waals surface area (Å²) in [7, 11) is 1.39. The topological polar surface area (TPSA) is 61.6 Å². The quantitative estimate of drug-likeness (QED) is 0.359. The van der Waals surface area contributed by atoms with Crippen LogP contribution in [0.25, 0.3) is 11.5 Å². The molecule has 0 amide bonds. The Balaban J connectivity index is 1.68. The lowest BCUT2D eigenvalue weighted by Gasteiger charge is -2.09. The molecule has 140 valence electrons. The van der Waals surface area contributed by atoms with E-state index in [9.17, 15) is 4.79 Å². The average molecular weight is 357 g/mol. The first kappa shape index (κ1) is 19.9. The molecule has 0 saturated heterocycles. The second-order valence-electron chi connectivity index (χ2n) is 6.20. The first-order valence-corrected chi connectivity index (χ1v) is 8.94. The van der Waals surface area contributed by atoms with Crippen LogP contribution in [0.4, 0.5) is 0 Å². The van der Waals surface area contributed by atoms with Crippen LogP contribution in [-0.4, -0.2) is 31.3 Å². The number of aryl methyl sites for hydroxylation is 1. The Morgan fingerprint density at radius 3 is 2.77 bits per heavy atom. The third-order valence-corrected chi connectivity index (χ3v) is 4.02. The van der Waals surface area contributed by atoms with E-state index in [0.717, 1.165) is 36.3 Å². The van der Waals surface area contributed by atoms with E-state index in [1.54, 1.807) is 6.92 Å². The van der Waals surface area contributed by atoms with Crippen molar-refractivity contribution in [1.82, 2.24) is 4.98 Å². The maximum absolute atomic E-state index is 11.2. The fourth-order valence-electron chi connectivity index (χ4n) is 2.47. The molecule has 1 aromatic heterocycles. The van der Waals surface area contributed by atoms with Crippen molar-refractivity contribution in [3.05, 3.63) is 53.9 Å². The van der Waals surface area contributed by atoms with Crippen LogP contribution in [0.2, 0.25) is 0 Å². The number of esters is 1. The van der Waals surface area contributed by atoms with E-state index < -0.39 is 0 Å². The van der Waals surface area contributed by atoms with Gasteiger partial charge in [-0.1, -0.05) is 30.4 Å². The Morgan fingerprint density at radius 2 is 2.04 bits per heavy atom. The maximum atomic E-state index is 11.2. The van der Waals surface area contributed by atoms with Gasteiger partial charge in [-0.05, 0) is 38.8 Å². The van der Waals surface area contributed by atoms with E-state index in [2.05, 4.69) is 21.9 Å². The number of carbonyl (C=O) groups excluding carboxylic acids is 1. The van der Waals surface area contributed by atoms with E-state index >= 15 is 0 Å². The van der Waals surface area contributed by atoms with Crippen molar-refractivity contribution in [2.45, 2.75) is 33.1 Å². The van der Waals surface area contributed by atoms with Gasteiger partial charge in [-0.3, -0.25) is 4.79 Å². The molecule has 5 nitrogen and oxygen atoms in total. The van der Waals surface area contributed by atoms with Crippen molar-refractivity contribution in [3.8, 4) is 11.5 Å². The second-order valence-corrected chi connectivity index (χ2v) is 6.20. The van der Waals surface area contributed by atoms with Gasteiger partial charge < -0.3 is 13.9 Å². The molecule has 0 fully saturated rings. The summed E-state index contributed by atoms with van der Waals surface area (Å²) in [5, 5.41) is 0. The molecule has 0 aliphatic rings. The number of rotatable bonds is 10. The zero-order chi connectivity index (χ0) is 18.8. The van der Waals surface area contributed by atoms with Crippen LogP contribution in [0.15, 0.2) is 46.9 Å². The molecule has 1 atom stereocenters. The summed E-state index contributed by atoms with van der Waals surface area (Å²) in [6.45, 7) is 4.78. The highest BCUT2D eigenvalue weighted by Gasteiger charge is 2.12. The van der Waals surface area contributed by atoms with Gasteiger partial charge >= 0.3 is 5.97 Å². The molecule has 0 saturated carbocycles. The predicted octanol–water partition coefficient (Wildman–Crippen LogP) is 4.35. The highest BCUT2D eigenvalue weighted by molar-refractivity contribution is 5.71. The first-order chi connectivity index (χ1) is 12.6. The number of allylic oxidation sites excluding steroid dienone is 2. The summed E-state index contributed by atoms with van der Waals surface area (Å²) in [6, 6.07) is 9.91. The third-order valence-electron chi connectivity index (χ3n) is 4.02. The minimum Gasteiger partial charge on any atom is -0.469 e. The molecule has 2 aromatic rings. The lowest BCUT2D eigenvalue weighted by molar-refractivity contribution is -0.146. The summed E-state index contributed by atoms with van der Waals surface area (Å²) < 4.78 is 15.9. The molecular weight excluding hydrogens is 330 g/mol. The number of benzene rings is 1. The minimum atomic E-state index is -0.234. The molecule has 0 spiro atoms. The lowest BCUT2D eigenvalue weighted by atomic mass is 10.2. The van der Waals surface area contributed by atoms with Gasteiger partial charge in [-0.25, -0.2) is 4.98 Å². The Hall–Kier alpha value is -2.40. The van der Waals surface area contributed by atoms with Crippen LogP contribution in [-0.2, 0) is 20.7 Å². The van der Waals surface area contributed by atoms with Gasteiger partial charge in [0, 0.05) is 18.6 Å². The number of aromatic nitrogens is 1. The number of oxazole rings is 1. The van der Waals surface area contributed by atoms with Crippen molar-refractivity contribution in [1.29, 1.82) is 0 Å². The predicted molar refractivity (Wildman–Crippen MR) is 101 cm³/mol. The number of unbranched alkanes of at least 4 members (excludes halogenated alkanes) is 1. The maximum Gasteiger partial charge on any atom is 0.310 e. The SMILES string of the molecule is COC(=O)C(C)COCCC/C=C/Cc1nc(-c2ccccc2)oc1C.